The van der Waals surface area contributed by atoms with Gasteiger partial charge in [0.25, 0.3) is 0 Å². The fourth-order valence-corrected chi connectivity index (χ4v) is 2.49. The molecule has 68 valence electrons. The van der Waals surface area contributed by atoms with Crippen LogP contribution >= 0.6 is 0 Å². The number of hydrogen-bond acceptors (Lipinski definition) is 0. The van der Waals surface area contributed by atoms with E-state index in [9.17, 15) is 0 Å². The number of allylic oxidation sites excluding steroid dienone is 12. The van der Waals surface area contributed by atoms with Crippen LogP contribution < -0.4 is 0 Å². The average Bonchev–Trinajstić information content (AvgIpc) is 2.27. The minimum absolute atomic E-state index is 0.0469. The van der Waals surface area contributed by atoms with Crippen molar-refractivity contribution in [2.75, 3.05) is 0 Å². The van der Waals surface area contributed by atoms with Crippen LogP contribution in [0.5, 0.6) is 0 Å². The Morgan fingerprint density at radius 3 is 0.786 bits per heavy atom. The first-order valence-corrected chi connectivity index (χ1v) is 4.98. The molecule has 0 amide bonds. The second-order valence-electron chi connectivity index (χ2n) is 4.02. The second-order valence-corrected chi connectivity index (χ2v) is 4.02. The number of hydrogen-bond donors (Lipinski definition) is 0. The van der Waals surface area contributed by atoms with Crippen LogP contribution in [-0.4, -0.2) is 0 Å². The lowest BCUT2D eigenvalue weighted by atomic mass is 9.58. The van der Waals surface area contributed by atoms with Crippen molar-refractivity contribution in [3.05, 3.63) is 72.9 Å². The highest BCUT2D eigenvalue weighted by atomic mass is 14.5. The monoisotopic (exact) mass is 180 g/mol. The molecule has 0 heterocycles. The van der Waals surface area contributed by atoms with Gasteiger partial charge in [-0.05, 0) is 0 Å². The summed E-state index contributed by atoms with van der Waals surface area (Å²) in [4.78, 5) is 0. The van der Waals surface area contributed by atoms with Crippen LogP contribution in [0, 0.1) is 10.8 Å². The topological polar surface area (TPSA) is 0 Å². The van der Waals surface area contributed by atoms with Crippen LogP contribution in [0.4, 0.5) is 0 Å². The van der Waals surface area contributed by atoms with Gasteiger partial charge >= 0.3 is 0 Å². The summed E-state index contributed by atoms with van der Waals surface area (Å²) in [6.07, 6.45) is 26.4. The molecule has 0 aromatic carbocycles. The zero-order chi connectivity index (χ0) is 9.49. The standard InChI is InChI=1S/C14H12/c1-2-8-14-11-5-3-9-13(14,7-1)10-4-6-12-14/h1-12H. The molecule has 0 radical (unpaired) electrons. The minimum Gasteiger partial charge on any atom is -0.0693 e. The third-order valence-corrected chi connectivity index (χ3v) is 3.32. The maximum absolute atomic E-state index is 2.27. The Hall–Kier alpha value is -1.56. The Kier molecular flexibility index (Phi) is 1.38. The van der Waals surface area contributed by atoms with Crippen molar-refractivity contribution in [2.24, 2.45) is 10.8 Å². The van der Waals surface area contributed by atoms with E-state index in [1.165, 1.54) is 0 Å². The predicted molar refractivity (Wildman–Crippen MR) is 59.7 cm³/mol. The van der Waals surface area contributed by atoms with Crippen molar-refractivity contribution < 1.29 is 0 Å². The molecule has 14 heavy (non-hydrogen) atoms. The Morgan fingerprint density at radius 1 is 0.357 bits per heavy atom. The molecule has 3 rings (SSSR count). The molecule has 3 aliphatic rings. The molecule has 0 aromatic heterocycles. The summed E-state index contributed by atoms with van der Waals surface area (Å²) < 4.78 is 0. The quantitative estimate of drug-likeness (QED) is 0.536. The summed E-state index contributed by atoms with van der Waals surface area (Å²) in [5, 5.41) is 0. The van der Waals surface area contributed by atoms with E-state index < -0.39 is 0 Å². The fourth-order valence-electron chi connectivity index (χ4n) is 2.49. The molecular weight excluding hydrogens is 168 g/mol. The van der Waals surface area contributed by atoms with Crippen molar-refractivity contribution in [2.45, 2.75) is 0 Å². The van der Waals surface area contributed by atoms with Crippen molar-refractivity contribution >= 4 is 0 Å². The lowest BCUT2D eigenvalue weighted by molar-refractivity contribution is 0.394. The Balaban J connectivity index is 2.27. The SMILES string of the molecule is C1=CC23C=CC=CC2(C=C1)C=CC=C3. The van der Waals surface area contributed by atoms with Gasteiger partial charge in [-0.3, -0.25) is 0 Å². The van der Waals surface area contributed by atoms with Gasteiger partial charge in [-0.1, -0.05) is 72.9 Å². The third-order valence-electron chi connectivity index (χ3n) is 3.32. The van der Waals surface area contributed by atoms with E-state index >= 15 is 0 Å². The van der Waals surface area contributed by atoms with E-state index in [-0.39, 0.29) is 10.8 Å². The zero-order valence-electron chi connectivity index (χ0n) is 7.93. The normalized spacial score (nSPS) is 41.1. The van der Waals surface area contributed by atoms with Crippen LogP contribution in [0.15, 0.2) is 72.9 Å². The van der Waals surface area contributed by atoms with Crippen LogP contribution in [0.25, 0.3) is 0 Å². The predicted octanol–water partition coefficient (Wildman–Crippen LogP) is 3.34. The minimum atomic E-state index is 0.0469. The van der Waals surface area contributed by atoms with Gasteiger partial charge < -0.3 is 0 Å². The zero-order valence-corrected chi connectivity index (χ0v) is 7.93. The molecule has 0 saturated heterocycles. The van der Waals surface area contributed by atoms with Gasteiger partial charge in [-0.15, -0.1) is 0 Å². The molecule has 0 nitrogen and oxygen atoms in total. The van der Waals surface area contributed by atoms with Crippen LogP contribution in [-0.2, 0) is 0 Å². The summed E-state index contributed by atoms with van der Waals surface area (Å²) in [5.74, 6) is 0. The molecule has 0 heteroatoms. The first-order chi connectivity index (χ1) is 6.87. The highest BCUT2D eigenvalue weighted by Crippen LogP contribution is 2.52. The highest BCUT2D eigenvalue weighted by molar-refractivity contribution is 5.50. The summed E-state index contributed by atoms with van der Waals surface area (Å²) in [6.45, 7) is 0. The maximum atomic E-state index is 2.27. The molecule has 3 aliphatic carbocycles. The summed E-state index contributed by atoms with van der Waals surface area (Å²) in [5.41, 5.74) is 0.0938. The Morgan fingerprint density at radius 2 is 0.571 bits per heavy atom. The fraction of sp³-hybridized carbons (Fsp3) is 0.143. The lowest BCUT2D eigenvalue weighted by Gasteiger charge is -2.45. The van der Waals surface area contributed by atoms with Gasteiger partial charge in [0.2, 0.25) is 0 Å². The highest BCUT2D eigenvalue weighted by Gasteiger charge is 2.44. The second kappa shape index (κ2) is 2.48. The molecule has 0 saturated carbocycles. The first kappa shape index (κ1) is 7.81. The first-order valence-electron chi connectivity index (χ1n) is 4.98. The molecule has 0 fully saturated rings. The summed E-state index contributed by atoms with van der Waals surface area (Å²) in [7, 11) is 0. The maximum Gasteiger partial charge on any atom is 0.0412 e. The average molecular weight is 180 g/mol. The number of rotatable bonds is 0. The van der Waals surface area contributed by atoms with Crippen LogP contribution in [0.3, 0.4) is 0 Å². The molecule has 0 spiro atoms. The van der Waals surface area contributed by atoms with E-state index in [0.29, 0.717) is 0 Å². The smallest absolute Gasteiger partial charge is 0.0412 e. The van der Waals surface area contributed by atoms with E-state index in [1.54, 1.807) is 0 Å². The van der Waals surface area contributed by atoms with E-state index in [0.717, 1.165) is 0 Å². The van der Waals surface area contributed by atoms with Gasteiger partial charge in [0.15, 0.2) is 0 Å². The lowest BCUT2D eigenvalue weighted by Crippen LogP contribution is -2.37. The van der Waals surface area contributed by atoms with Crippen molar-refractivity contribution in [3.63, 3.8) is 0 Å². The summed E-state index contributed by atoms with van der Waals surface area (Å²) >= 11 is 0. The van der Waals surface area contributed by atoms with E-state index in [1.807, 2.05) is 0 Å². The van der Waals surface area contributed by atoms with Gasteiger partial charge in [0.1, 0.15) is 0 Å². The van der Waals surface area contributed by atoms with E-state index in [2.05, 4.69) is 72.9 Å². The molecule has 0 atom stereocenters. The van der Waals surface area contributed by atoms with Crippen molar-refractivity contribution in [1.29, 1.82) is 0 Å². The Bertz CT molecular complexity index is 320. The van der Waals surface area contributed by atoms with Gasteiger partial charge in [0, 0.05) is 10.8 Å². The molecule has 0 bridgehead atoms. The summed E-state index contributed by atoms with van der Waals surface area (Å²) in [6, 6.07) is 0. The molecule has 0 N–H and O–H groups in total. The Labute approximate surface area is 84.3 Å². The van der Waals surface area contributed by atoms with Crippen molar-refractivity contribution in [1.82, 2.24) is 0 Å². The molecule has 0 aliphatic heterocycles. The molecule has 0 unspecified atom stereocenters. The van der Waals surface area contributed by atoms with Crippen molar-refractivity contribution in [3.8, 4) is 0 Å². The van der Waals surface area contributed by atoms with Gasteiger partial charge in [0.05, 0.1) is 0 Å². The van der Waals surface area contributed by atoms with E-state index in [4.69, 9.17) is 0 Å². The van der Waals surface area contributed by atoms with Crippen LogP contribution in [0.1, 0.15) is 0 Å². The largest absolute Gasteiger partial charge is 0.0693 e. The third kappa shape index (κ3) is 0.784. The van der Waals surface area contributed by atoms with Crippen LogP contribution in [0.2, 0.25) is 0 Å². The van der Waals surface area contributed by atoms with Gasteiger partial charge in [-0.25, -0.2) is 0 Å². The van der Waals surface area contributed by atoms with Gasteiger partial charge in [-0.2, -0.15) is 0 Å². The molecule has 0 aromatic rings. The molecular formula is C14H12.